The van der Waals surface area contributed by atoms with Crippen LogP contribution in [0.2, 0.25) is 0 Å². The number of Topliss-reactive ketones (excluding diaryl/α,β-unsaturated/α-hetero) is 1. The van der Waals surface area contributed by atoms with E-state index in [1.807, 2.05) is 0 Å². The van der Waals surface area contributed by atoms with Crippen molar-refractivity contribution >= 4 is 5.78 Å². The molecule has 0 unspecified atom stereocenters. The molecule has 0 bridgehead atoms. The van der Waals surface area contributed by atoms with Crippen molar-refractivity contribution in [3.05, 3.63) is 12.2 Å². The van der Waals surface area contributed by atoms with Crippen LogP contribution in [0.5, 0.6) is 0 Å². The van der Waals surface area contributed by atoms with Crippen molar-refractivity contribution in [2.75, 3.05) is 0 Å². The lowest BCUT2D eigenvalue weighted by Crippen LogP contribution is -2.25. The molecule has 26 heavy (non-hydrogen) atoms. The van der Waals surface area contributed by atoms with Gasteiger partial charge in [-0.2, -0.15) is 0 Å². The highest BCUT2D eigenvalue weighted by atomic mass is 16.1. The van der Waals surface area contributed by atoms with Gasteiger partial charge in [0.05, 0.1) is 0 Å². The highest BCUT2D eigenvalue weighted by Crippen LogP contribution is 2.43. The molecule has 0 aromatic heterocycles. The first-order valence-electron chi connectivity index (χ1n) is 11.9. The number of allylic oxidation sites excluding steroid dienone is 2. The van der Waals surface area contributed by atoms with Gasteiger partial charge < -0.3 is 0 Å². The summed E-state index contributed by atoms with van der Waals surface area (Å²) in [6.07, 6.45) is 26.3. The standard InChI is InChI=1S/C25H42O/c1-2-5-20-8-14-23(15-9-20)24-16-10-21(11-17-24)6-3-4-7-22-12-18-25(26)19-13-22/h4,7,20-24H,2-3,5-6,8-19H2,1H3/b7-4+/t20-,21?,23-,24?. The summed E-state index contributed by atoms with van der Waals surface area (Å²) >= 11 is 0. The van der Waals surface area contributed by atoms with Gasteiger partial charge in [0.1, 0.15) is 5.78 Å². The summed E-state index contributed by atoms with van der Waals surface area (Å²) < 4.78 is 0. The zero-order chi connectivity index (χ0) is 18.2. The van der Waals surface area contributed by atoms with Gasteiger partial charge >= 0.3 is 0 Å². The normalized spacial score (nSPS) is 34.4. The molecule has 0 amide bonds. The average molecular weight is 359 g/mol. The Morgan fingerprint density at radius 1 is 0.769 bits per heavy atom. The Hall–Kier alpha value is -0.590. The first-order chi connectivity index (χ1) is 12.7. The predicted molar refractivity (Wildman–Crippen MR) is 111 cm³/mol. The Balaban J connectivity index is 1.28. The van der Waals surface area contributed by atoms with Gasteiger partial charge in [0.25, 0.3) is 0 Å². The summed E-state index contributed by atoms with van der Waals surface area (Å²) in [5.74, 6) is 5.33. The number of hydrogen-bond acceptors (Lipinski definition) is 1. The first-order valence-corrected chi connectivity index (χ1v) is 11.9. The zero-order valence-corrected chi connectivity index (χ0v) is 17.3. The van der Waals surface area contributed by atoms with Gasteiger partial charge in [0, 0.05) is 12.8 Å². The van der Waals surface area contributed by atoms with Crippen molar-refractivity contribution in [3.8, 4) is 0 Å². The van der Waals surface area contributed by atoms with Crippen molar-refractivity contribution in [2.24, 2.45) is 29.6 Å². The number of hydrogen-bond donors (Lipinski definition) is 0. The van der Waals surface area contributed by atoms with E-state index >= 15 is 0 Å². The van der Waals surface area contributed by atoms with Gasteiger partial charge in [0.2, 0.25) is 0 Å². The quantitative estimate of drug-likeness (QED) is 0.431. The lowest BCUT2D eigenvalue weighted by Gasteiger charge is -2.38. The Kier molecular flexibility index (Phi) is 8.27. The Labute approximate surface area is 162 Å². The van der Waals surface area contributed by atoms with Gasteiger partial charge in [-0.3, -0.25) is 4.79 Å². The first kappa shape index (κ1) is 20.2. The molecule has 0 radical (unpaired) electrons. The van der Waals surface area contributed by atoms with Crippen LogP contribution < -0.4 is 0 Å². The third-order valence-corrected chi connectivity index (χ3v) is 7.88. The van der Waals surface area contributed by atoms with Crippen molar-refractivity contribution in [3.63, 3.8) is 0 Å². The predicted octanol–water partition coefficient (Wildman–Crippen LogP) is 7.50. The fourth-order valence-electron chi connectivity index (χ4n) is 6.08. The summed E-state index contributed by atoms with van der Waals surface area (Å²) in [4.78, 5) is 11.3. The molecule has 0 saturated heterocycles. The van der Waals surface area contributed by atoms with Crippen LogP contribution >= 0.6 is 0 Å². The molecule has 3 rings (SSSR count). The monoisotopic (exact) mass is 358 g/mol. The van der Waals surface area contributed by atoms with Gasteiger partial charge in [-0.1, -0.05) is 57.6 Å². The van der Waals surface area contributed by atoms with Crippen LogP contribution in [-0.2, 0) is 4.79 Å². The van der Waals surface area contributed by atoms with Crippen LogP contribution in [0.1, 0.15) is 110 Å². The fourth-order valence-corrected chi connectivity index (χ4v) is 6.08. The van der Waals surface area contributed by atoms with E-state index in [1.165, 1.54) is 77.0 Å². The maximum atomic E-state index is 11.3. The zero-order valence-electron chi connectivity index (χ0n) is 17.3. The summed E-state index contributed by atoms with van der Waals surface area (Å²) in [6, 6.07) is 0. The Bertz CT molecular complexity index is 425. The van der Waals surface area contributed by atoms with E-state index in [-0.39, 0.29) is 0 Å². The molecule has 0 aliphatic heterocycles. The smallest absolute Gasteiger partial charge is 0.132 e. The molecule has 3 saturated carbocycles. The molecule has 148 valence electrons. The van der Waals surface area contributed by atoms with Crippen molar-refractivity contribution in [2.45, 2.75) is 110 Å². The number of carbonyl (C=O) groups excluding carboxylic acids is 1. The van der Waals surface area contributed by atoms with Gasteiger partial charge in [-0.25, -0.2) is 0 Å². The van der Waals surface area contributed by atoms with Crippen LogP contribution in [0.4, 0.5) is 0 Å². The van der Waals surface area contributed by atoms with Crippen LogP contribution in [0.15, 0.2) is 12.2 Å². The van der Waals surface area contributed by atoms with Crippen molar-refractivity contribution < 1.29 is 4.79 Å². The lowest BCUT2D eigenvalue weighted by molar-refractivity contribution is -0.120. The van der Waals surface area contributed by atoms with E-state index in [9.17, 15) is 4.79 Å². The molecular formula is C25H42O. The largest absolute Gasteiger partial charge is 0.300 e. The van der Waals surface area contributed by atoms with E-state index in [1.54, 1.807) is 0 Å². The lowest BCUT2D eigenvalue weighted by atomic mass is 9.68. The van der Waals surface area contributed by atoms with Gasteiger partial charge in [-0.05, 0) is 81.0 Å². The number of carbonyl (C=O) groups is 1. The molecule has 0 aromatic rings. The molecule has 3 aliphatic carbocycles. The highest BCUT2D eigenvalue weighted by molar-refractivity contribution is 5.79. The molecule has 0 aromatic carbocycles. The SMILES string of the molecule is CCC[C@H]1CC[C@H](C2CCC(CC/C=C/C3CCC(=O)CC3)CC2)CC1. The van der Waals surface area contributed by atoms with E-state index in [0.717, 1.165) is 49.4 Å². The molecule has 3 aliphatic rings. The molecule has 0 N–H and O–H groups in total. The van der Waals surface area contributed by atoms with E-state index in [4.69, 9.17) is 0 Å². The van der Waals surface area contributed by atoms with Crippen LogP contribution in [0.3, 0.4) is 0 Å². The fraction of sp³-hybridized carbons (Fsp3) is 0.880. The maximum absolute atomic E-state index is 11.3. The molecule has 0 spiro atoms. The minimum absolute atomic E-state index is 0.477. The molecule has 0 atom stereocenters. The summed E-state index contributed by atoms with van der Waals surface area (Å²) in [5, 5.41) is 0. The topological polar surface area (TPSA) is 17.1 Å². The van der Waals surface area contributed by atoms with Gasteiger partial charge in [0.15, 0.2) is 0 Å². The maximum Gasteiger partial charge on any atom is 0.132 e. The minimum atomic E-state index is 0.477. The van der Waals surface area contributed by atoms with E-state index in [0.29, 0.717) is 11.7 Å². The van der Waals surface area contributed by atoms with E-state index in [2.05, 4.69) is 19.1 Å². The van der Waals surface area contributed by atoms with Gasteiger partial charge in [-0.15, -0.1) is 0 Å². The molecule has 3 fully saturated rings. The number of ketones is 1. The number of rotatable bonds is 7. The molecular weight excluding hydrogens is 316 g/mol. The summed E-state index contributed by atoms with van der Waals surface area (Å²) in [6.45, 7) is 2.35. The van der Waals surface area contributed by atoms with Crippen LogP contribution in [-0.4, -0.2) is 5.78 Å². The average Bonchev–Trinajstić information content (AvgIpc) is 2.68. The second kappa shape index (κ2) is 10.7. The summed E-state index contributed by atoms with van der Waals surface area (Å²) in [7, 11) is 0. The minimum Gasteiger partial charge on any atom is -0.300 e. The van der Waals surface area contributed by atoms with Crippen LogP contribution in [0.25, 0.3) is 0 Å². The van der Waals surface area contributed by atoms with E-state index < -0.39 is 0 Å². The third-order valence-electron chi connectivity index (χ3n) is 7.88. The summed E-state index contributed by atoms with van der Waals surface area (Å²) in [5.41, 5.74) is 0. The molecule has 1 heteroatoms. The second-order valence-electron chi connectivity index (χ2n) is 9.73. The van der Waals surface area contributed by atoms with Crippen molar-refractivity contribution in [1.29, 1.82) is 0 Å². The van der Waals surface area contributed by atoms with Crippen molar-refractivity contribution in [1.82, 2.24) is 0 Å². The van der Waals surface area contributed by atoms with Crippen LogP contribution in [0, 0.1) is 29.6 Å². The highest BCUT2D eigenvalue weighted by Gasteiger charge is 2.30. The Morgan fingerprint density at radius 2 is 1.31 bits per heavy atom. The molecule has 1 nitrogen and oxygen atoms in total. The second-order valence-corrected chi connectivity index (χ2v) is 9.73. The third kappa shape index (κ3) is 6.24. The Morgan fingerprint density at radius 3 is 1.85 bits per heavy atom. The molecule has 0 heterocycles.